The summed E-state index contributed by atoms with van der Waals surface area (Å²) in [5, 5.41) is -0.953. The lowest BCUT2D eigenvalue weighted by Gasteiger charge is -2.30. The summed E-state index contributed by atoms with van der Waals surface area (Å²) in [7, 11) is 0.722. The van der Waals surface area contributed by atoms with Crippen LogP contribution in [0.4, 0.5) is 4.39 Å². The van der Waals surface area contributed by atoms with E-state index in [1.165, 1.54) is 29.6 Å². The van der Waals surface area contributed by atoms with Crippen LogP contribution in [0.25, 0.3) is 0 Å². The fraction of sp³-hybridized carbons (Fsp3) is 0.308. The number of methoxy groups -OCH3 is 3. The molecule has 0 aromatic heterocycles. The third-order valence-electron chi connectivity index (χ3n) is 5.81. The van der Waals surface area contributed by atoms with Gasteiger partial charge in [-0.25, -0.2) is 12.8 Å². The summed E-state index contributed by atoms with van der Waals surface area (Å²) in [5.74, 6) is 0.950. The molecule has 9 heteroatoms. The predicted octanol–water partition coefficient (Wildman–Crippen LogP) is 5.71. The van der Waals surface area contributed by atoms with E-state index in [9.17, 15) is 12.8 Å². The van der Waals surface area contributed by atoms with Gasteiger partial charge in [0.1, 0.15) is 28.7 Å². The van der Waals surface area contributed by atoms with Gasteiger partial charge in [0, 0.05) is 24.7 Å². The number of hydrogen-bond donors (Lipinski definition) is 0. The normalized spacial score (nSPS) is 13.5. The lowest BCUT2D eigenvalue weighted by molar-refractivity contribution is 0.0997. The van der Waals surface area contributed by atoms with Crippen LogP contribution in [0.1, 0.15) is 29.7 Å². The summed E-state index contributed by atoms with van der Waals surface area (Å²) in [5.41, 5.74) is 2.18. The number of nitrogens with zero attached hydrogens (tertiary/aromatic N) is 1. The van der Waals surface area contributed by atoms with Crippen molar-refractivity contribution in [2.75, 3.05) is 21.3 Å². The molecule has 0 fully saturated rings. The maximum absolute atomic E-state index is 13.9. The monoisotopic (exact) mass is 565 g/mol. The van der Waals surface area contributed by atoms with Crippen molar-refractivity contribution in [2.24, 2.45) is 0 Å². The molecule has 0 aliphatic carbocycles. The van der Waals surface area contributed by atoms with Crippen LogP contribution in [0.5, 0.6) is 11.5 Å². The third-order valence-corrected chi connectivity index (χ3v) is 8.67. The van der Waals surface area contributed by atoms with E-state index in [4.69, 9.17) is 14.2 Å². The number of rotatable bonds is 11. The van der Waals surface area contributed by atoms with Crippen LogP contribution in [-0.2, 0) is 27.8 Å². The molecule has 0 aliphatic rings. The first-order valence-corrected chi connectivity index (χ1v) is 13.2. The molecular weight excluding hydrogens is 537 g/mol. The Morgan fingerprint density at radius 3 is 1.74 bits per heavy atom. The fourth-order valence-corrected chi connectivity index (χ4v) is 6.07. The zero-order chi connectivity index (χ0) is 25.6. The van der Waals surface area contributed by atoms with Gasteiger partial charge in [0.25, 0.3) is 0 Å². The first-order valence-electron chi connectivity index (χ1n) is 10.9. The lowest BCUT2D eigenvalue weighted by atomic mass is 10.1. The van der Waals surface area contributed by atoms with Crippen molar-refractivity contribution in [3.05, 3.63) is 93.7 Å². The molecule has 6 nitrogen and oxygen atoms in total. The van der Waals surface area contributed by atoms with Crippen LogP contribution in [0.2, 0.25) is 0 Å². The van der Waals surface area contributed by atoms with Crippen molar-refractivity contribution in [1.29, 1.82) is 0 Å². The Labute approximate surface area is 214 Å². The number of halogens is 2. The van der Waals surface area contributed by atoms with Crippen molar-refractivity contribution in [1.82, 2.24) is 4.31 Å². The van der Waals surface area contributed by atoms with Crippen LogP contribution in [-0.4, -0.2) is 39.3 Å². The lowest BCUT2D eigenvalue weighted by Crippen LogP contribution is -2.40. The molecule has 3 aromatic carbocycles. The highest BCUT2D eigenvalue weighted by atomic mass is 79.9. The molecule has 0 aliphatic heterocycles. The van der Waals surface area contributed by atoms with E-state index in [0.717, 1.165) is 11.1 Å². The Kier molecular flexibility index (Phi) is 9.29. The molecule has 0 saturated heterocycles. The summed E-state index contributed by atoms with van der Waals surface area (Å²) in [6.07, 6.45) is -0.816. The van der Waals surface area contributed by atoms with Gasteiger partial charge < -0.3 is 14.2 Å². The van der Waals surface area contributed by atoms with Crippen molar-refractivity contribution in [2.45, 2.75) is 31.4 Å². The van der Waals surface area contributed by atoms with Gasteiger partial charge in [-0.3, -0.25) is 0 Å². The molecule has 0 bridgehead atoms. The van der Waals surface area contributed by atoms with Crippen molar-refractivity contribution >= 4 is 26.0 Å². The van der Waals surface area contributed by atoms with Crippen LogP contribution >= 0.6 is 15.9 Å². The van der Waals surface area contributed by atoms with Gasteiger partial charge in [-0.1, -0.05) is 46.3 Å². The van der Waals surface area contributed by atoms with Crippen molar-refractivity contribution in [3.63, 3.8) is 0 Å². The molecular formula is C26H29BrFNO5S. The quantitative estimate of drug-likeness (QED) is 0.298. The zero-order valence-electron chi connectivity index (χ0n) is 20.1. The third kappa shape index (κ3) is 6.61. The molecule has 0 amide bonds. The molecule has 188 valence electrons. The Morgan fingerprint density at radius 2 is 1.34 bits per heavy atom. The molecule has 0 heterocycles. The van der Waals surface area contributed by atoms with Gasteiger partial charge in [-0.15, -0.1) is 0 Å². The maximum Gasteiger partial charge on any atom is 0.220 e. The molecule has 0 spiro atoms. The molecule has 3 aromatic rings. The second-order valence-electron chi connectivity index (χ2n) is 8.04. The Hall–Kier alpha value is -2.46. The molecule has 35 heavy (non-hydrogen) atoms. The van der Waals surface area contributed by atoms with E-state index < -0.39 is 27.2 Å². The highest BCUT2D eigenvalue weighted by Gasteiger charge is 2.36. The minimum Gasteiger partial charge on any atom is -0.497 e. The standard InChI is InChI=1S/C26H29BrFNO5S/c1-18(26(34-4)24-14-9-21(28)15-25(24)27)35(30,31)29(16-19-5-10-22(32-2)11-6-19)17-20-7-12-23(33-3)13-8-20/h5-15,18,26H,16-17H2,1-4H3/t18-,26+/m0/s1. The molecule has 3 rings (SSSR count). The summed E-state index contributed by atoms with van der Waals surface area (Å²) in [4.78, 5) is 0. The zero-order valence-corrected chi connectivity index (χ0v) is 22.5. The summed E-state index contributed by atoms with van der Waals surface area (Å²) < 4.78 is 59.5. The van der Waals surface area contributed by atoms with Gasteiger partial charge >= 0.3 is 0 Å². The minimum atomic E-state index is -3.88. The molecule has 0 radical (unpaired) electrons. The minimum absolute atomic E-state index is 0.156. The highest BCUT2D eigenvalue weighted by molar-refractivity contribution is 9.10. The maximum atomic E-state index is 13.9. The second kappa shape index (κ2) is 12.0. The van der Waals surface area contributed by atoms with E-state index in [1.807, 2.05) is 24.3 Å². The van der Waals surface area contributed by atoms with Gasteiger partial charge in [0.05, 0.1) is 14.2 Å². The van der Waals surface area contributed by atoms with E-state index in [-0.39, 0.29) is 13.1 Å². The van der Waals surface area contributed by atoms with Gasteiger partial charge in [-0.2, -0.15) is 4.31 Å². The highest BCUT2D eigenvalue weighted by Crippen LogP contribution is 2.34. The summed E-state index contributed by atoms with van der Waals surface area (Å²) in [6, 6.07) is 18.7. The Morgan fingerprint density at radius 1 is 0.857 bits per heavy atom. The topological polar surface area (TPSA) is 65.1 Å². The predicted molar refractivity (Wildman–Crippen MR) is 137 cm³/mol. The van der Waals surface area contributed by atoms with Crippen LogP contribution < -0.4 is 9.47 Å². The molecule has 0 unspecified atom stereocenters. The van der Waals surface area contributed by atoms with Crippen molar-refractivity contribution < 1.29 is 27.0 Å². The number of hydrogen-bond acceptors (Lipinski definition) is 5. The largest absolute Gasteiger partial charge is 0.497 e. The summed E-state index contributed by atoms with van der Waals surface area (Å²) >= 11 is 3.34. The smallest absolute Gasteiger partial charge is 0.220 e. The van der Waals surface area contributed by atoms with Crippen molar-refractivity contribution in [3.8, 4) is 11.5 Å². The number of sulfonamides is 1. The Balaban J connectivity index is 1.97. The van der Waals surface area contributed by atoms with E-state index in [0.29, 0.717) is 21.5 Å². The van der Waals surface area contributed by atoms with Crippen LogP contribution in [0.3, 0.4) is 0 Å². The first-order chi connectivity index (χ1) is 16.7. The van der Waals surface area contributed by atoms with E-state index in [2.05, 4.69) is 15.9 Å². The first kappa shape index (κ1) is 27.1. The summed E-state index contributed by atoms with van der Waals surface area (Å²) in [6.45, 7) is 1.92. The number of benzene rings is 3. The van der Waals surface area contributed by atoms with Gasteiger partial charge in [0.2, 0.25) is 10.0 Å². The average molecular weight is 566 g/mol. The number of ether oxygens (including phenoxy) is 3. The SMILES string of the molecule is COc1ccc(CN(Cc2ccc(OC)cc2)S(=O)(=O)[C@@H](C)[C@@H](OC)c2ccc(F)cc2Br)cc1. The van der Waals surface area contributed by atoms with Gasteiger partial charge in [0.15, 0.2) is 0 Å². The molecule has 0 saturated carbocycles. The fourth-order valence-electron chi connectivity index (χ4n) is 3.80. The molecule has 0 N–H and O–H groups in total. The second-order valence-corrected chi connectivity index (χ2v) is 11.2. The van der Waals surface area contributed by atoms with Gasteiger partial charge in [-0.05, 0) is 60.0 Å². The molecule has 2 atom stereocenters. The van der Waals surface area contributed by atoms with E-state index >= 15 is 0 Å². The average Bonchev–Trinajstić information content (AvgIpc) is 2.86. The van der Waals surface area contributed by atoms with E-state index in [1.54, 1.807) is 45.4 Å². The Bertz CT molecular complexity index is 1170. The van der Waals surface area contributed by atoms with Crippen LogP contribution in [0, 0.1) is 5.82 Å². The van der Waals surface area contributed by atoms with Crippen LogP contribution in [0.15, 0.2) is 71.2 Å².